The third-order valence-corrected chi connectivity index (χ3v) is 3.88. The molecule has 2 rings (SSSR count). The summed E-state index contributed by atoms with van der Waals surface area (Å²) >= 11 is 12.4. The van der Waals surface area contributed by atoms with Crippen LogP contribution in [-0.4, -0.2) is 13.7 Å². The summed E-state index contributed by atoms with van der Waals surface area (Å²) < 4.78 is 5.48. The second-order valence-corrected chi connectivity index (χ2v) is 5.64. The lowest BCUT2D eigenvalue weighted by Crippen LogP contribution is -2.24. The SMILES string of the molecule is CCCNC(c1ccc(Cl)cc1Cl)c1ccccc1OC. The second kappa shape index (κ2) is 7.69. The number of rotatable bonds is 6. The lowest BCUT2D eigenvalue weighted by atomic mass is 9.97. The highest BCUT2D eigenvalue weighted by Gasteiger charge is 2.19. The van der Waals surface area contributed by atoms with Gasteiger partial charge >= 0.3 is 0 Å². The first-order valence-electron chi connectivity index (χ1n) is 6.98. The van der Waals surface area contributed by atoms with Crippen LogP contribution in [0.5, 0.6) is 5.75 Å². The van der Waals surface area contributed by atoms with E-state index in [0.29, 0.717) is 10.0 Å². The molecule has 0 saturated carbocycles. The highest BCUT2D eigenvalue weighted by Crippen LogP contribution is 2.34. The average Bonchev–Trinajstić information content (AvgIpc) is 2.49. The summed E-state index contributed by atoms with van der Waals surface area (Å²) in [5.41, 5.74) is 2.07. The molecule has 112 valence electrons. The molecule has 4 heteroatoms. The van der Waals surface area contributed by atoms with Crippen LogP contribution in [0.1, 0.15) is 30.5 Å². The van der Waals surface area contributed by atoms with Gasteiger partial charge in [0.1, 0.15) is 5.75 Å². The minimum Gasteiger partial charge on any atom is -0.496 e. The van der Waals surface area contributed by atoms with Gasteiger partial charge in [-0.05, 0) is 36.7 Å². The summed E-state index contributed by atoms with van der Waals surface area (Å²) in [4.78, 5) is 0. The van der Waals surface area contributed by atoms with Gasteiger partial charge in [0, 0.05) is 15.6 Å². The summed E-state index contributed by atoms with van der Waals surface area (Å²) in [6, 6.07) is 13.5. The van der Waals surface area contributed by atoms with Crippen LogP contribution in [0, 0.1) is 0 Å². The molecular weight excluding hydrogens is 305 g/mol. The maximum absolute atomic E-state index is 6.38. The molecule has 1 N–H and O–H groups in total. The van der Waals surface area contributed by atoms with Crippen LogP contribution in [0.4, 0.5) is 0 Å². The lowest BCUT2D eigenvalue weighted by Gasteiger charge is -2.22. The van der Waals surface area contributed by atoms with E-state index in [-0.39, 0.29) is 6.04 Å². The van der Waals surface area contributed by atoms with Crippen LogP contribution >= 0.6 is 23.2 Å². The van der Waals surface area contributed by atoms with Crippen LogP contribution < -0.4 is 10.1 Å². The molecule has 0 saturated heterocycles. The zero-order valence-corrected chi connectivity index (χ0v) is 13.7. The summed E-state index contributed by atoms with van der Waals surface area (Å²) in [5.74, 6) is 0.845. The Morgan fingerprint density at radius 1 is 1.10 bits per heavy atom. The number of ether oxygens (including phenoxy) is 1. The molecule has 0 aliphatic rings. The Morgan fingerprint density at radius 3 is 2.52 bits per heavy atom. The smallest absolute Gasteiger partial charge is 0.123 e. The van der Waals surface area contributed by atoms with Crippen molar-refractivity contribution in [2.45, 2.75) is 19.4 Å². The highest BCUT2D eigenvalue weighted by atomic mass is 35.5. The molecule has 0 radical (unpaired) electrons. The van der Waals surface area contributed by atoms with E-state index in [9.17, 15) is 0 Å². The highest BCUT2D eigenvalue weighted by molar-refractivity contribution is 6.35. The van der Waals surface area contributed by atoms with Gasteiger partial charge in [-0.15, -0.1) is 0 Å². The van der Waals surface area contributed by atoms with E-state index in [4.69, 9.17) is 27.9 Å². The van der Waals surface area contributed by atoms with E-state index >= 15 is 0 Å². The third kappa shape index (κ3) is 3.91. The van der Waals surface area contributed by atoms with Gasteiger partial charge < -0.3 is 10.1 Å². The molecule has 0 aliphatic carbocycles. The normalized spacial score (nSPS) is 12.2. The van der Waals surface area contributed by atoms with E-state index in [0.717, 1.165) is 29.8 Å². The van der Waals surface area contributed by atoms with Crippen molar-refractivity contribution in [3.63, 3.8) is 0 Å². The monoisotopic (exact) mass is 323 g/mol. The molecule has 0 spiro atoms. The first kappa shape index (κ1) is 16.2. The molecule has 0 fully saturated rings. The van der Waals surface area contributed by atoms with Crippen LogP contribution in [-0.2, 0) is 0 Å². The van der Waals surface area contributed by atoms with Gasteiger partial charge in [-0.3, -0.25) is 0 Å². The zero-order valence-electron chi connectivity index (χ0n) is 12.2. The largest absolute Gasteiger partial charge is 0.496 e. The number of hydrogen-bond donors (Lipinski definition) is 1. The van der Waals surface area contributed by atoms with E-state index < -0.39 is 0 Å². The molecule has 1 unspecified atom stereocenters. The first-order valence-corrected chi connectivity index (χ1v) is 7.74. The maximum atomic E-state index is 6.38. The first-order chi connectivity index (χ1) is 10.2. The summed E-state index contributed by atoms with van der Waals surface area (Å²) in [7, 11) is 1.68. The summed E-state index contributed by atoms with van der Waals surface area (Å²) in [5, 5.41) is 4.82. The van der Waals surface area contributed by atoms with Crippen molar-refractivity contribution in [1.29, 1.82) is 0 Å². The molecule has 2 nitrogen and oxygen atoms in total. The van der Waals surface area contributed by atoms with Crippen molar-refractivity contribution in [3.8, 4) is 5.75 Å². The molecule has 0 aromatic heterocycles. The summed E-state index contributed by atoms with van der Waals surface area (Å²) in [6.45, 7) is 3.03. The molecule has 1 atom stereocenters. The molecule has 0 amide bonds. The predicted molar refractivity (Wildman–Crippen MR) is 89.6 cm³/mol. The number of halogens is 2. The Kier molecular flexibility index (Phi) is 5.92. The minimum atomic E-state index is -0.0223. The quantitative estimate of drug-likeness (QED) is 0.799. The maximum Gasteiger partial charge on any atom is 0.123 e. The standard InChI is InChI=1S/C17H19Cl2NO/c1-3-10-20-17(13-9-8-12(18)11-15(13)19)14-6-4-5-7-16(14)21-2/h4-9,11,17,20H,3,10H2,1-2H3. The minimum absolute atomic E-state index is 0.0223. The molecule has 2 aromatic carbocycles. The van der Waals surface area contributed by atoms with Crippen LogP contribution in [0.2, 0.25) is 10.0 Å². The Morgan fingerprint density at radius 2 is 1.86 bits per heavy atom. The van der Waals surface area contributed by atoms with Crippen molar-refractivity contribution in [2.24, 2.45) is 0 Å². The van der Waals surface area contributed by atoms with Crippen LogP contribution in [0.15, 0.2) is 42.5 Å². The molecule has 2 aromatic rings. The Hall–Kier alpha value is -1.22. The number of hydrogen-bond acceptors (Lipinski definition) is 2. The van der Waals surface area contributed by atoms with Crippen molar-refractivity contribution in [1.82, 2.24) is 5.32 Å². The zero-order chi connectivity index (χ0) is 15.2. The average molecular weight is 324 g/mol. The van der Waals surface area contributed by atoms with Gasteiger partial charge in [0.25, 0.3) is 0 Å². The molecule has 0 aliphatic heterocycles. The Balaban J connectivity index is 2.47. The van der Waals surface area contributed by atoms with E-state index in [2.05, 4.69) is 18.3 Å². The van der Waals surface area contributed by atoms with Crippen molar-refractivity contribution >= 4 is 23.2 Å². The van der Waals surface area contributed by atoms with E-state index in [1.807, 2.05) is 30.3 Å². The second-order valence-electron chi connectivity index (χ2n) is 4.79. The van der Waals surface area contributed by atoms with Crippen molar-refractivity contribution in [2.75, 3.05) is 13.7 Å². The molecular formula is C17H19Cl2NO. The van der Waals surface area contributed by atoms with Gasteiger partial charge in [-0.25, -0.2) is 0 Å². The fourth-order valence-electron chi connectivity index (χ4n) is 2.32. The topological polar surface area (TPSA) is 21.3 Å². The van der Waals surface area contributed by atoms with E-state index in [1.54, 1.807) is 13.2 Å². The van der Waals surface area contributed by atoms with Gasteiger partial charge in [0.15, 0.2) is 0 Å². The fraction of sp³-hybridized carbons (Fsp3) is 0.294. The van der Waals surface area contributed by atoms with Gasteiger partial charge in [0.2, 0.25) is 0 Å². The predicted octanol–water partition coefficient (Wildman–Crippen LogP) is 5.09. The van der Waals surface area contributed by atoms with Crippen molar-refractivity contribution < 1.29 is 4.74 Å². The van der Waals surface area contributed by atoms with Gasteiger partial charge in [0.05, 0.1) is 13.2 Å². The Bertz CT molecular complexity index is 601. The van der Waals surface area contributed by atoms with Crippen molar-refractivity contribution in [3.05, 3.63) is 63.6 Å². The van der Waals surface area contributed by atoms with Crippen LogP contribution in [0.25, 0.3) is 0 Å². The van der Waals surface area contributed by atoms with E-state index in [1.165, 1.54) is 0 Å². The molecule has 0 heterocycles. The van der Waals surface area contributed by atoms with Gasteiger partial charge in [-0.1, -0.05) is 54.4 Å². The third-order valence-electron chi connectivity index (χ3n) is 3.32. The van der Waals surface area contributed by atoms with Gasteiger partial charge in [-0.2, -0.15) is 0 Å². The lowest BCUT2D eigenvalue weighted by molar-refractivity contribution is 0.404. The molecule has 0 bridgehead atoms. The Labute approximate surface area is 136 Å². The number of methoxy groups -OCH3 is 1. The molecule has 21 heavy (non-hydrogen) atoms. The summed E-state index contributed by atoms with van der Waals surface area (Å²) in [6.07, 6.45) is 1.04. The number of para-hydroxylation sites is 1. The van der Waals surface area contributed by atoms with Crippen LogP contribution in [0.3, 0.4) is 0 Å². The fourth-order valence-corrected chi connectivity index (χ4v) is 2.83. The number of benzene rings is 2. The number of nitrogens with one attached hydrogen (secondary N) is 1.